The van der Waals surface area contributed by atoms with Crippen molar-refractivity contribution >= 4 is 22.6 Å². The zero-order valence-electron chi connectivity index (χ0n) is 13.1. The fourth-order valence-electron chi connectivity index (χ4n) is 2.46. The molecule has 5 nitrogen and oxygen atoms in total. The largest absolute Gasteiger partial charge is 0.467 e. The van der Waals surface area contributed by atoms with Crippen molar-refractivity contribution < 1.29 is 14.3 Å². The standard InChI is InChI=1S/C18H18N2O3/c1-12(10-11-19)16(18(22)23-2)20-17(21)15-9-5-7-13-6-3-4-8-14(13)15/h3-9,12,16H,10H2,1-2H3,(H,20,21)/t12-,16-/m1/s1. The van der Waals surface area contributed by atoms with Crippen LogP contribution in [0.15, 0.2) is 42.5 Å². The van der Waals surface area contributed by atoms with E-state index in [1.54, 1.807) is 19.1 Å². The molecule has 0 saturated carbocycles. The SMILES string of the molecule is COC(=O)[C@H](NC(=O)c1cccc2ccccc12)[C@H](C)CC#N. The average molecular weight is 310 g/mol. The minimum atomic E-state index is -0.855. The van der Waals surface area contributed by atoms with Crippen LogP contribution in [0.2, 0.25) is 0 Å². The molecular formula is C18H18N2O3. The molecule has 1 N–H and O–H groups in total. The molecule has 5 heteroatoms. The number of rotatable bonds is 5. The Balaban J connectivity index is 2.31. The zero-order valence-corrected chi connectivity index (χ0v) is 13.1. The van der Waals surface area contributed by atoms with Crippen molar-refractivity contribution in [2.24, 2.45) is 5.92 Å². The molecule has 2 atom stereocenters. The molecular weight excluding hydrogens is 292 g/mol. The van der Waals surface area contributed by atoms with Gasteiger partial charge in [0.25, 0.3) is 5.91 Å². The molecule has 0 radical (unpaired) electrons. The molecule has 0 unspecified atom stereocenters. The first-order valence-corrected chi connectivity index (χ1v) is 7.32. The van der Waals surface area contributed by atoms with Gasteiger partial charge in [0.05, 0.1) is 13.2 Å². The number of esters is 1. The Kier molecular flexibility index (Phi) is 5.32. The fourth-order valence-corrected chi connectivity index (χ4v) is 2.46. The Hall–Kier alpha value is -2.87. The van der Waals surface area contributed by atoms with E-state index in [1.165, 1.54) is 7.11 Å². The normalized spacial score (nSPS) is 12.9. The number of nitriles is 1. The molecule has 0 heterocycles. The maximum Gasteiger partial charge on any atom is 0.328 e. The second kappa shape index (κ2) is 7.41. The topological polar surface area (TPSA) is 79.2 Å². The van der Waals surface area contributed by atoms with Crippen LogP contribution in [0.3, 0.4) is 0 Å². The van der Waals surface area contributed by atoms with Gasteiger partial charge >= 0.3 is 5.97 Å². The summed E-state index contributed by atoms with van der Waals surface area (Å²) in [5.74, 6) is -1.25. The van der Waals surface area contributed by atoms with Crippen LogP contribution in [0, 0.1) is 17.2 Å². The highest BCUT2D eigenvalue weighted by Gasteiger charge is 2.28. The molecule has 0 saturated heterocycles. The Morgan fingerprint density at radius 1 is 1.22 bits per heavy atom. The second-order valence-electron chi connectivity index (χ2n) is 5.34. The number of nitrogens with zero attached hydrogens (tertiary/aromatic N) is 1. The second-order valence-corrected chi connectivity index (χ2v) is 5.34. The number of fused-ring (bicyclic) bond motifs is 1. The summed E-state index contributed by atoms with van der Waals surface area (Å²) in [7, 11) is 1.26. The number of amides is 1. The number of nitrogens with one attached hydrogen (secondary N) is 1. The predicted molar refractivity (Wildman–Crippen MR) is 86.6 cm³/mol. The Labute approximate surface area is 134 Å². The summed E-state index contributed by atoms with van der Waals surface area (Å²) in [4.78, 5) is 24.5. The van der Waals surface area contributed by atoms with Gasteiger partial charge in [0.15, 0.2) is 0 Å². The summed E-state index contributed by atoms with van der Waals surface area (Å²) < 4.78 is 4.74. The van der Waals surface area contributed by atoms with Crippen molar-refractivity contribution in [1.29, 1.82) is 5.26 Å². The molecule has 1 amide bonds. The van der Waals surface area contributed by atoms with Gasteiger partial charge in [-0.25, -0.2) is 4.79 Å². The smallest absolute Gasteiger partial charge is 0.328 e. The van der Waals surface area contributed by atoms with Gasteiger partial charge in [-0.2, -0.15) is 5.26 Å². The summed E-state index contributed by atoms with van der Waals surface area (Å²) in [6, 6.07) is 14.1. The molecule has 0 bridgehead atoms. The van der Waals surface area contributed by atoms with Gasteiger partial charge in [0, 0.05) is 17.9 Å². The van der Waals surface area contributed by atoms with Crippen LogP contribution >= 0.6 is 0 Å². The number of carbonyl (C=O) groups excluding carboxylic acids is 2. The van der Waals surface area contributed by atoms with Crippen molar-refractivity contribution in [2.75, 3.05) is 7.11 Å². The lowest BCUT2D eigenvalue weighted by Gasteiger charge is -2.21. The van der Waals surface area contributed by atoms with Gasteiger partial charge in [-0.15, -0.1) is 0 Å². The number of carbonyl (C=O) groups is 2. The molecule has 0 aliphatic carbocycles. The van der Waals surface area contributed by atoms with E-state index in [1.807, 2.05) is 36.4 Å². The summed E-state index contributed by atoms with van der Waals surface area (Å²) in [6.07, 6.45) is 0.148. The summed E-state index contributed by atoms with van der Waals surface area (Å²) in [5, 5.41) is 13.3. The Morgan fingerprint density at radius 3 is 2.61 bits per heavy atom. The maximum atomic E-state index is 12.6. The van der Waals surface area contributed by atoms with Crippen LogP contribution < -0.4 is 5.32 Å². The molecule has 0 fully saturated rings. The quantitative estimate of drug-likeness (QED) is 0.861. The lowest BCUT2D eigenvalue weighted by Crippen LogP contribution is -2.45. The molecule has 0 spiro atoms. The Morgan fingerprint density at radius 2 is 1.91 bits per heavy atom. The number of hydrogen-bond acceptors (Lipinski definition) is 4. The minimum absolute atomic E-state index is 0.148. The van der Waals surface area contributed by atoms with E-state index in [2.05, 4.69) is 5.32 Å². The molecule has 2 rings (SSSR count). The lowest BCUT2D eigenvalue weighted by molar-refractivity contribution is -0.144. The highest BCUT2D eigenvalue weighted by molar-refractivity contribution is 6.08. The van der Waals surface area contributed by atoms with Crippen molar-refractivity contribution in [3.63, 3.8) is 0 Å². The highest BCUT2D eigenvalue weighted by atomic mass is 16.5. The monoisotopic (exact) mass is 310 g/mol. The van der Waals surface area contributed by atoms with Crippen LogP contribution in [0.25, 0.3) is 10.8 Å². The predicted octanol–water partition coefficient (Wildman–Crippen LogP) is 2.66. The van der Waals surface area contributed by atoms with Crippen LogP contribution in [-0.2, 0) is 9.53 Å². The maximum absolute atomic E-state index is 12.6. The number of methoxy groups -OCH3 is 1. The lowest BCUT2D eigenvalue weighted by atomic mass is 9.97. The van der Waals surface area contributed by atoms with Crippen LogP contribution in [0.4, 0.5) is 0 Å². The molecule has 23 heavy (non-hydrogen) atoms. The third-order valence-electron chi connectivity index (χ3n) is 3.76. The minimum Gasteiger partial charge on any atom is -0.467 e. The van der Waals surface area contributed by atoms with Gasteiger partial charge < -0.3 is 10.1 Å². The third kappa shape index (κ3) is 3.67. The van der Waals surface area contributed by atoms with E-state index >= 15 is 0 Å². The van der Waals surface area contributed by atoms with E-state index in [-0.39, 0.29) is 18.2 Å². The summed E-state index contributed by atoms with van der Waals surface area (Å²) in [6.45, 7) is 1.73. The van der Waals surface area contributed by atoms with Gasteiger partial charge in [0.2, 0.25) is 0 Å². The number of benzene rings is 2. The average Bonchev–Trinajstić information content (AvgIpc) is 2.58. The van der Waals surface area contributed by atoms with Crippen LogP contribution in [0.5, 0.6) is 0 Å². The molecule has 2 aromatic rings. The van der Waals surface area contributed by atoms with Gasteiger partial charge in [0.1, 0.15) is 6.04 Å². The first kappa shape index (κ1) is 16.5. The van der Waals surface area contributed by atoms with Gasteiger partial charge in [-0.1, -0.05) is 43.3 Å². The van der Waals surface area contributed by atoms with E-state index in [4.69, 9.17) is 10.00 Å². The molecule has 0 aliphatic rings. The molecule has 118 valence electrons. The van der Waals surface area contributed by atoms with E-state index in [9.17, 15) is 9.59 Å². The van der Waals surface area contributed by atoms with Gasteiger partial charge in [-0.05, 0) is 16.8 Å². The third-order valence-corrected chi connectivity index (χ3v) is 3.76. The van der Waals surface area contributed by atoms with Crippen molar-refractivity contribution in [3.05, 3.63) is 48.0 Å². The van der Waals surface area contributed by atoms with E-state index < -0.39 is 12.0 Å². The number of hydrogen-bond donors (Lipinski definition) is 1. The molecule has 0 aliphatic heterocycles. The van der Waals surface area contributed by atoms with Crippen molar-refractivity contribution in [2.45, 2.75) is 19.4 Å². The highest BCUT2D eigenvalue weighted by Crippen LogP contribution is 2.19. The first-order valence-electron chi connectivity index (χ1n) is 7.32. The first-order chi connectivity index (χ1) is 11.1. The van der Waals surface area contributed by atoms with Crippen molar-refractivity contribution in [1.82, 2.24) is 5.32 Å². The van der Waals surface area contributed by atoms with Gasteiger partial charge in [-0.3, -0.25) is 4.79 Å². The Bertz CT molecular complexity index is 759. The molecule has 2 aromatic carbocycles. The van der Waals surface area contributed by atoms with Crippen LogP contribution in [-0.4, -0.2) is 25.0 Å². The van der Waals surface area contributed by atoms with E-state index in [0.717, 1.165) is 10.8 Å². The molecule has 0 aromatic heterocycles. The zero-order chi connectivity index (χ0) is 16.8. The van der Waals surface area contributed by atoms with E-state index in [0.29, 0.717) is 5.56 Å². The van der Waals surface area contributed by atoms with Crippen molar-refractivity contribution in [3.8, 4) is 6.07 Å². The summed E-state index contributed by atoms with van der Waals surface area (Å²) >= 11 is 0. The van der Waals surface area contributed by atoms with Crippen LogP contribution in [0.1, 0.15) is 23.7 Å². The summed E-state index contributed by atoms with van der Waals surface area (Å²) in [5.41, 5.74) is 0.487. The number of ether oxygens (including phenoxy) is 1. The fraction of sp³-hybridized carbons (Fsp3) is 0.278.